The number of hydrogen-bond donors (Lipinski definition) is 3. The van der Waals surface area contributed by atoms with Crippen molar-refractivity contribution in [2.75, 3.05) is 0 Å². The smallest absolute Gasteiger partial charge is 0.142 e. The van der Waals surface area contributed by atoms with Gasteiger partial charge in [-0.15, -0.1) is 0 Å². The lowest BCUT2D eigenvalue weighted by atomic mass is 10.1. The van der Waals surface area contributed by atoms with Gasteiger partial charge in [-0.25, -0.2) is 9.97 Å². The summed E-state index contributed by atoms with van der Waals surface area (Å²) in [6.07, 6.45) is 1.50. The first kappa shape index (κ1) is 11.7. The number of hydrogen-bond acceptors (Lipinski definition) is 4. The van der Waals surface area contributed by atoms with Crippen molar-refractivity contribution in [1.29, 1.82) is 0 Å². The highest BCUT2D eigenvalue weighted by Crippen LogP contribution is 2.33. The van der Waals surface area contributed by atoms with Gasteiger partial charge in [0.2, 0.25) is 0 Å². The van der Waals surface area contributed by atoms with Crippen LogP contribution in [-0.4, -0.2) is 25.2 Å². The summed E-state index contributed by atoms with van der Waals surface area (Å²) in [5.41, 5.74) is 3.25. The number of aromatic amines is 1. The monoisotopic (exact) mass is 277 g/mol. The van der Waals surface area contributed by atoms with Crippen molar-refractivity contribution in [2.24, 2.45) is 0 Å². The summed E-state index contributed by atoms with van der Waals surface area (Å²) in [5, 5.41) is 20.9. The highest BCUT2D eigenvalue weighted by molar-refractivity contribution is 6.12. The fourth-order valence-electron chi connectivity index (χ4n) is 2.55. The van der Waals surface area contributed by atoms with E-state index in [2.05, 4.69) is 15.0 Å². The third-order valence-corrected chi connectivity index (χ3v) is 3.51. The van der Waals surface area contributed by atoms with Gasteiger partial charge < -0.3 is 15.2 Å². The largest absolute Gasteiger partial charge is 0.508 e. The molecule has 0 radical (unpaired) electrons. The molecule has 0 aliphatic carbocycles. The Balaban J connectivity index is 2.11. The molecule has 0 aliphatic heterocycles. The van der Waals surface area contributed by atoms with Crippen molar-refractivity contribution in [3.63, 3.8) is 0 Å². The molecule has 3 N–H and O–H groups in total. The van der Waals surface area contributed by atoms with E-state index < -0.39 is 0 Å². The van der Waals surface area contributed by atoms with E-state index in [0.29, 0.717) is 5.65 Å². The van der Waals surface area contributed by atoms with E-state index in [0.717, 1.165) is 27.5 Å². The molecule has 0 saturated carbocycles. The van der Waals surface area contributed by atoms with Gasteiger partial charge in [0.15, 0.2) is 0 Å². The van der Waals surface area contributed by atoms with Gasteiger partial charge in [-0.05, 0) is 42.5 Å². The summed E-state index contributed by atoms with van der Waals surface area (Å²) in [4.78, 5) is 11.8. The zero-order valence-corrected chi connectivity index (χ0v) is 10.9. The van der Waals surface area contributed by atoms with Crippen molar-refractivity contribution >= 4 is 21.9 Å². The first-order chi connectivity index (χ1) is 10.2. The average molecular weight is 277 g/mol. The van der Waals surface area contributed by atoms with Crippen molar-refractivity contribution < 1.29 is 10.2 Å². The summed E-state index contributed by atoms with van der Waals surface area (Å²) in [6.45, 7) is 0. The van der Waals surface area contributed by atoms with Crippen LogP contribution in [0.5, 0.6) is 11.5 Å². The Labute approximate surface area is 119 Å². The number of rotatable bonds is 1. The van der Waals surface area contributed by atoms with Gasteiger partial charge in [0.05, 0.1) is 11.1 Å². The van der Waals surface area contributed by atoms with Gasteiger partial charge in [-0.1, -0.05) is 0 Å². The molecular formula is C16H11N3O2. The SMILES string of the molecule is Oc1ccc(-c2ncnc3[nH]c4ccc(O)cc4c23)cc1. The van der Waals surface area contributed by atoms with E-state index >= 15 is 0 Å². The number of phenolic OH excluding ortho intramolecular Hbond substituents is 2. The second-order valence-corrected chi connectivity index (χ2v) is 4.85. The van der Waals surface area contributed by atoms with Gasteiger partial charge in [0.25, 0.3) is 0 Å². The van der Waals surface area contributed by atoms with Crippen LogP contribution in [0.25, 0.3) is 33.2 Å². The third-order valence-electron chi connectivity index (χ3n) is 3.51. The summed E-state index contributed by atoms with van der Waals surface area (Å²) in [5.74, 6) is 0.407. The molecule has 2 aromatic carbocycles. The maximum atomic E-state index is 9.72. The fraction of sp³-hybridized carbons (Fsp3) is 0. The molecule has 0 unspecified atom stereocenters. The van der Waals surface area contributed by atoms with Crippen LogP contribution in [0.1, 0.15) is 0 Å². The summed E-state index contributed by atoms with van der Waals surface area (Å²) in [6, 6.07) is 12.0. The zero-order chi connectivity index (χ0) is 14.4. The summed E-state index contributed by atoms with van der Waals surface area (Å²) >= 11 is 0. The number of aromatic hydroxyl groups is 2. The minimum absolute atomic E-state index is 0.198. The first-order valence-corrected chi connectivity index (χ1v) is 6.47. The Kier molecular flexibility index (Phi) is 2.35. The lowest BCUT2D eigenvalue weighted by Gasteiger charge is -2.03. The minimum atomic E-state index is 0.198. The van der Waals surface area contributed by atoms with Gasteiger partial charge in [-0.3, -0.25) is 0 Å². The third kappa shape index (κ3) is 1.79. The number of fused-ring (bicyclic) bond motifs is 3. The maximum Gasteiger partial charge on any atom is 0.142 e. The minimum Gasteiger partial charge on any atom is -0.508 e. The molecule has 0 aliphatic rings. The van der Waals surface area contributed by atoms with Crippen LogP contribution in [0.2, 0.25) is 0 Å². The number of H-pyrrole nitrogens is 1. The molecule has 0 atom stereocenters. The molecule has 0 bridgehead atoms. The van der Waals surface area contributed by atoms with Crippen LogP contribution in [0.3, 0.4) is 0 Å². The summed E-state index contributed by atoms with van der Waals surface area (Å²) in [7, 11) is 0. The number of aromatic nitrogens is 3. The molecular weight excluding hydrogens is 266 g/mol. The molecule has 4 aromatic rings. The van der Waals surface area contributed by atoms with Crippen molar-refractivity contribution in [1.82, 2.24) is 15.0 Å². The highest BCUT2D eigenvalue weighted by atomic mass is 16.3. The molecule has 0 fully saturated rings. The highest BCUT2D eigenvalue weighted by Gasteiger charge is 2.13. The molecule has 0 spiro atoms. The van der Waals surface area contributed by atoms with Crippen molar-refractivity contribution in [2.45, 2.75) is 0 Å². The molecule has 102 valence electrons. The molecule has 2 aromatic heterocycles. The maximum absolute atomic E-state index is 9.72. The van der Waals surface area contributed by atoms with Gasteiger partial charge in [0, 0.05) is 16.5 Å². The number of nitrogens with zero attached hydrogens (tertiary/aromatic N) is 2. The molecule has 0 saturated heterocycles. The Morgan fingerprint density at radius 2 is 1.62 bits per heavy atom. The first-order valence-electron chi connectivity index (χ1n) is 6.47. The van der Waals surface area contributed by atoms with E-state index in [9.17, 15) is 10.2 Å². The topological polar surface area (TPSA) is 82.0 Å². The number of nitrogens with one attached hydrogen (secondary N) is 1. The van der Waals surface area contributed by atoms with Crippen LogP contribution < -0.4 is 0 Å². The number of phenols is 2. The van der Waals surface area contributed by atoms with Crippen LogP contribution in [-0.2, 0) is 0 Å². The molecule has 2 heterocycles. The number of benzene rings is 2. The van der Waals surface area contributed by atoms with E-state index in [1.807, 2.05) is 6.07 Å². The van der Waals surface area contributed by atoms with E-state index in [1.165, 1.54) is 6.33 Å². The van der Waals surface area contributed by atoms with Crippen molar-refractivity contribution in [3.8, 4) is 22.8 Å². The Hall–Kier alpha value is -3.08. The van der Waals surface area contributed by atoms with Gasteiger partial charge in [-0.2, -0.15) is 0 Å². The predicted molar refractivity (Wildman–Crippen MR) is 80.2 cm³/mol. The predicted octanol–water partition coefficient (Wildman–Crippen LogP) is 3.19. The quantitative estimate of drug-likeness (QED) is 0.499. The second kappa shape index (κ2) is 4.21. The standard InChI is InChI=1S/C16H11N3O2/c20-10-3-1-9(2-4-10)15-14-12-7-11(21)5-6-13(12)19-16(14)18-8-17-15/h1-8,20-21H,(H,17,18,19). The van der Waals surface area contributed by atoms with Crippen LogP contribution >= 0.6 is 0 Å². The van der Waals surface area contributed by atoms with Gasteiger partial charge >= 0.3 is 0 Å². The van der Waals surface area contributed by atoms with Crippen molar-refractivity contribution in [3.05, 3.63) is 48.8 Å². The lowest BCUT2D eigenvalue weighted by Crippen LogP contribution is -1.87. The normalized spacial score (nSPS) is 11.2. The Morgan fingerprint density at radius 3 is 2.43 bits per heavy atom. The van der Waals surface area contributed by atoms with Crippen LogP contribution in [0, 0.1) is 0 Å². The molecule has 0 amide bonds. The average Bonchev–Trinajstić information content (AvgIpc) is 2.86. The second-order valence-electron chi connectivity index (χ2n) is 4.85. The van der Waals surface area contributed by atoms with Gasteiger partial charge in [0.1, 0.15) is 23.5 Å². The van der Waals surface area contributed by atoms with E-state index in [-0.39, 0.29) is 11.5 Å². The summed E-state index contributed by atoms with van der Waals surface area (Å²) < 4.78 is 0. The Bertz CT molecular complexity index is 959. The van der Waals surface area contributed by atoms with Crippen LogP contribution in [0.15, 0.2) is 48.8 Å². The molecule has 5 heteroatoms. The fourth-order valence-corrected chi connectivity index (χ4v) is 2.55. The van der Waals surface area contributed by atoms with E-state index in [1.54, 1.807) is 36.4 Å². The molecule has 5 nitrogen and oxygen atoms in total. The molecule has 4 rings (SSSR count). The lowest BCUT2D eigenvalue weighted by molar-refractivity contribution is 0.475. The Morgan fingerprint density at radius 1 is 0.857 bits per heavy atom. The molecule has 21 heavy (non-hydrogen) atoms. The van der Waals surface area contributed by atoms with E-state index in [4.69, 9.17) is 0 Å². The zero-order valence-electron chi connectivity index (χ0n) is 10.9. The van der Waals surface area contributed by atoms with Crippen LogP contribution in [0.4, 0.5) is 0 Å².